The van der Waals surface area contributed by atoms with Crippen LogP contribution in [0.25, 0.3) is 0 Å². The minimum Gasteiger partial charge on any atom is -0.393 e. The third-order valence-corrected chi connectivity index (χ3v) is 5.14. The SMILES string of the molecule is CCc1nsc(N2CCCC2C2CCCC2O)n1. The first kappa shape index (κ1) is 12.4. The van der Waals surface area contributed by atoms with Gasteiger partial charge in [0.25, 0.3) is 0 Å². The van der Waals surface area contributed by atoms with Crippen LogP contribution in [0.3, 0.4) is 0 Å². The van der Waals surface area contributed by atoms with Crippen LogP contribution in [-0.4, -0.2) is 33.2 Å². The molecule has 100 valence electrons. The molecule has 4 nitrogen and oxygen atoms in total. The highest BCUT2D eigenvalue weighted by Crippen LogP contribution is 2.38. The second kappa shape index (κ2) is 5.13. The van der Waals surface area contributed by atoms with Crippen LogP contribution in [0.2, 0.25) is 0 Å². The topological polar surface area (TPSA) is 49.2 Å². The molecule has 1 aromatic rings. The van der Waals surface area contributed by atoms with Gasteiger partial charge in [-0.1, -0.05) is 13.3 Å². The molecule has 0 aromatic carbocycles. The molecule has 2 fully saturated rings. The molecule has 1 aliphatic carbocycles. The summed E-state index contributed by atoms with van der Waals surface area (Å²) >= 11 is 1.52. The van der Waals surface area contributed by atoms with E-state index in [2.05, 4.69) is 21.2 Å². The molecule has 2 heterocycles. The summed E-state index contributed by atoms with van der Waals surface area (Å²) in [6.07, 6.45) is 6.53. The molecule has 1 N–H and O–H groups in total. The van der Waals surface area contributed by atoms with Gasteiger partial charge in [-0.05, 0) is 25.7 Å². The van der Waals surface area contributed by atoms with Crippen molar-refractivity contribution in [2.45, 2.75) is 57.6 Å². The van der Waals surface area contributed by atoms with Crippen LogP contribution >= 0.6 is 11.5 Å². The Morgan fingerprint density at radius 1 is 1.33 bits per heavy atom. The maximum Gasteiger partial charge on any atom is 0.205 e. The average Bonchev–Trinajstić information content (AvgIpc) is 3.06. The van der Waals surface area contributed by atoms with Crippen molar-refractivity contribution in [3.05, 3.63) is 5.82 Å². The van der Waals surface area contributed by atoms with Crippen LogP contribution in [-0.2, 0) is 6.42 Å². The first-order valence-corrected chi connectivity index (χ1v) is 7.84. The molecule has 18 heavy (non-hydrogen) atoms. The highest BCUT2D eigenvalue weighted by atomic mass is 32.1. The molecular formula is C13H21N3OS. The second-order valence-corrected chi connectivity index (χ2v) is 6.14. The van der Waals surface area contributed by atoms with Gasteiger partial charge in [-0.15, -0.1) is 0 Å². The monoisotopic (exact) mass is 267 g/mol. The zero-order valence-corrected chi connectivity index (χ0v) is 11.7. The number of aryl methyl sites for hydroxylation is 1. The van der Waals surface area contributed by atoms with Gasteiger partial charge in [0.05, 0.1) is 6.10 Å². The van der Waals surface area contributed by atoms with Gasteiger partial charge in [0.2, 0.25) is 5.13 Å². The Morgan fingerprint density at radius 3 is 2.89 bits per heavy atom. The van der Waals surface area contributed by atoms with Crippen LogP contribution in [0.15, 0.2) is 0 Å². The number of anilines is 1. The van der Waals surface area contributed by atoms with Crippen molar-refractivity contribution in [3.8, 4) is 0 Å². The van der Waals surface area contributed by atoms with Gasteiger partial charge >= 0.3 is 0 Å². The Labute approximate surface area is 112 Å². The fourth-order valence-corrected chi connectivity index (χ4v) is 4.23. The lowest BCUT2D eigenvalue weighted by Gasteiger charge is -2.30. The number of rotatable bonds is 3. The molecular weight excluding hydrogens is 246 g/mol. The average molecular weight is 267 g/mol. The van der Waals surface area contributed by atoms with Crippen molar-refractivity contribution in [1.82, 2.24) is 9.36 Å². The van der Waals surface area contributed by atoms with Crippen molar-refractivity contribution >= 4 is 16.7 Å². The largest absolute Gasteiger partial charge is 0.393 e. The summed E-state index contributed by atoms with van der Waals surface area (Å²) in [6, 6.07) is 0.486. The van der Waals surface area contributed by atoms with Crippen LogP contribution in [0.1, 0.15) is 44.9 Å². The van der Waals surface area contributed by atoms with Gasteiger partial charge in [-0.2, -0.15) is 4.37 Å². The van der Waals surface area contributed by atoms with E-state index in [0.717, 1.165) is 30.3 Å². The third-order valence-electron chi connectivity index (χ3n) is 4.34. The standard InChI is InChI=1S/C13H21N3OS/c1-2-12-14-13(18-15-12)16-8-4-6-10(16)9-5-3-7-11(9)17/h9-11,17H,2-8H2,1H3. The van der Waals surface area contributed by atoms with E-state index in [9.17, 15) is 5.11 Å². The molecule has 0 spiro atoms. The zero-order chi connectivity index (χ0) is 12.5. The van der Waals surface area contributed by atoms with E-state index in [0.29, 0.717) is 12.0 Å². The molecule has 1 aromatic heterocycles. The highest BCUT2D eigenvalue weighted by molar-refractivity contribution is 7.09. The molecule has 1 aliphatic heterocycles. The van der Waals surface area contributed by atoms with Gasteiger partial charge in [0.15, 0.2) is 0 Å². The molecule has 0 amide bonds. The van der Waals surface area contributed by atoms with E-state index in [-0.39, 0.29) is 6.10 Å². The number of aromatic nitrogens is 2. The predicted octanol–water partition coefficient (Wildman–Crippen LogP) is 2.23. The Balaban J connectivity index is 1.78. The molecule has 1 saturated carbocycles. The number of aliphatic hydroxyl groups is 1. The quantitative estimate of drug-likeness (QED) is 0.912. The van der Waals surface area contributed by atoms with Gasteiger partial charge in [-0.3, -0.25) is 0 Å². The number of hydrogen-bond donors (Lipinski definition) is 1. The van der Waals surface area contributed by atoms with E-state index >= 15 is 0 Å². The van der Waals surface area contributed by atoms with Crippen LogP contribution < -0.4 is 4.90 Å². The predicted molar refractivity (Wildman–Crippen MR) is 73.0 cm³/mol. The third kappa shape index (κ3) is 2.14. The molecule has 2 aliphatic rings. The molecule has 1 saturated heterocycles. The normalized spacial score (nSPS) is 32.3. The summed E-state index contributed by atoms with van der Waals surface area (Å²) in [5, 5.41) is 11.2. The van der Waals surface area contributed by atoms with Crippen LogP contribution in [0.4, 0.5) is 5.13 Å². The minimum atomic E-state index is -0.103. The summed E-state index contributed by atoms with van der Waals surface area (Å²) in [7, 11) is 0. The molecule has 0 bridgehead atoms. The van der Waals surface area contributed by atoms with E-state index in [1.807, 2.05) is 0 Å². The maximum atomic E-state index is 10.1. The fourth-order valence-electron chi connectivity index (χ4n) is 3.40. The number of hydrogen-bond acceptors (Lipinski definition) is 5. The van der Waals surface area contributed by atoms with E-state index in [4.69, 9.17) is 0 Å². The molecule has 0 radical (unpaired) electrons. The van der Waals surface area contributed by atoms with E-state index in [1.165, 1.54) is 37.2 Å². The van der Waals surface area contributed by atoms with Gasteiger partial charge in [-0.25, -0.2) is 4.98 Å². The molecule has 3 rings (SSSR count). The Morgan fingerprint density at radius 2 is 2.22 bits per heavy atom. The fraction of sp³-hybridized carbons (Fsp3) is 0.846. The highest BCUT2D eigenvalue weighted by Gasteiger charge is 2.39. The van der Waals surface area contributed by atoms with E-state index in [1.54, 1.807) is 0 Å². The summed E-state index contributed by atoms with van der Waals surface area (Å²) in [5.74, 6) is 1.40. The van der Waals surface area contributed by atoms with Gasteiger partial charge < -0.3 is 10.0 Å². The number of nitrogens with zero attached hydrogens (tertiary/aromatic N) is 3. The van der Waals surface area contributed by atoms with Crippen LogP contribution in [0.5, 0.6) is 0 Å². The molecule has 5 heteroatoms. The zero-order valence-electron chi connectivity index (χ0n) is 10.9. The Bertz CT molecular complexity index is 409. The maximum absolute atomic E-state index is 10.1. The summed E-state index contributed by atoms with van der Waals surface area (Å²) in [4.78, 5) is 7.01. The Hall–Kier alpha value is -0.680. The van der Waals surface area contributed by atoms with Crippen molar-refractivity contribution in [1.29, 1.82) is 0 Å². The first-order valence-electron chi connectivity index (χ1n) is 7.07. The van der Waals surface area contributed by atoms with Gasteiger partial charge in [0, 0.05) is 36.5 Å². The van der Waals surface area contributed by atoms with Crippen molar-refractivity contribution in [2.24, 2.45) is 5.92 Å². The van der Waals surface area contributed by atoms with Crippen molar-refractivity contribution in [2.75, 3.05) is 11.4 Å². The molecule has 3 unspecified atom stereocenters. The summed E-state index contributed by atoms with van der Waals surface area (Å²) in [5.41, 5.74) is 0. The van der Waals surface area contributed by atoms with Crippen molar-refractivity contribution < 1.29 is 5.11 Å². The lowest BCUT2D eigenvalue weighted by Crippen LogP contribution is -2.38. The first-order chi connectivity index (χ1) is 8.79. The molecule has 3 atom stereocenters. The number of aliphatic hydroxyl groups excluding tert-OH is 1. The van der Waals surface area contributed by atoms with Crippen LogP contribution in [0, 0.1) is 5.92 Å². The van der Waals surface area contributed by atoms with Gasteiger partial charge in [0.1, 0.15) is 5.82 Å². The smallest absolute Gasteiger partial charge is 0.205 e. The van der Waals surface area contributed by atoms with E-state index < -0.39 is 0 Å². The second-order valence-electron chi connectivity index (χ2n) is 5.41. The summed E-state index contributed by atoms with van der Waals surface area (Å²) in [6.45, 7) is 3.17. The Kier molecular flexibility index (Phi) is 3.52. The lowest BCUT2D eigenvalue weighted by atomic mass is 9.94. The lowest BCUT2D eigenvalue weighted by molar-refractivity contribution is 0.119. The minimum absolute atomic E-state index is 0.103. The van der Waals surface area contributed by atoms with Crippen molar-refractivity contribution in [3.63, 3.8) is 0 Å². The summed E-state index contributed by atoms with van der Waals surface area (Å²) < 4.78 is 4.39.